The van der Waals surface area contributed by atoms with E-state index in [1.54, 1.807) is 7.11 Å². The monoisotopic (exact) mass is 387 g/mol. The first kappa shape index (κ1) is 18.8. The molecule has 3 saturated carbocycles. The molecule has 1 aliphatic heterocycles. The molecular formula is C23H33NO4. The highest BCUT2D eigenvalue weighted by Crippen LogP contribution is 2.67. The van der Waals surface area contributed by atoms with Crippen molar-refractivity contribution in [1.29, 1.82) is 0 Å². The second-order valence-corrected chi connectivity index (χ2v) is 9.90. The Morgan fingerprint density at radius 2 is 2.11 bits per heavy atom. The van der Waals surface area contributed by atoms with Gasteiger partial charge in [0, 0.05) is 25.0 Å². The van der Waals surface area contributed by atoms with Crippen molar-refractivity contribution in [1.82, 2.24) is 0 Å². The van der Waals surface area contributed by atoms with Crippen LogP contribution in [-0.2, 0) is 9.47 Å². The molecule has 5 rings (SSSR count). The first-order valence-corrected chi connectivity index (χ1v) is 11.0. The number of aliphatic hydroxyl groups is 1. The molecule has 5 heteroatoms. The number of nitrogens with zero attached hydrogens (tertiary/aromatic N) is 1. The molecule has 4 aliphatic carbocycles. The Hall–Kier alpha value is -1.17. The summed E-state index contributed by atoms with van der Waals surface area (Å²) in [6.45, 7) is 2.64. The van der Waals surface area contributed by atoms with Gasteiger partial charge in [-0.05, 0) is 80.8 Å². The third kappa shape index (κ3) is 2.45. The van der Waals surface area contributed by atoms with E-state index in [1.807, 2.05) is 0 Å². The maximum absolute atomic E-state index is 10.2. The first-order valence-electron chi connectivity index (χ1n) is 11.0. The van der Waals surface area contributed by atoms with Gasteiger partial charge in [-0.25, -0.2) is 0 Å². The lowest BCUT2D eigenvalue weighted by molar-refractivity contribution is -0.191. The first-order chi connectivity index (χ1) is 13.5. The van der Waals surface area contributed by atoms with Crippen LogP contribution < -0.4 is 0 Å². The average molecular weight is 388 g/mol. The fourth-order valence-corrected chi connectivity index (χ4v) is 7.75. The zero-order chi connectivity index (χ0) is 19.5. The standard InChI is InChI=1S/C23H33NO4/c1-22-8-5-17-16-4-3-15(24-26)12-18(16)14(13-25)11-19(17)20(22)6-9-23(22)10-7-21(27-2)28-23/h7,10,12,14,16-17,19-21,25-26H,3-6,8-9,11,13H2,1-2H3/b24-15+/t14-,16-,17?,19?,20?,21?,22+,23-/m1/s1. The van der Waals surface area contributed by atoms with E-state index in [2.05, 4.69) is 30.3 Å². The molecule has 0 aromatic heterocycles. The van der Waals surface area contributed by atoms with Crippen molar-refractivity contribution in [3.05, 3.63) is 23.8 Å². The van der Waals surface area contributed by atoms with E-state index in [-0.39, 0.29) is 29.8 Å². The van der Waals surface area contributed by atoms with Crippen molar-refractivity contribution < 1.29 is 19.8 Å². The number of allylic oxidation sites excluding steroid dienone is 1. The number of methoxy groups -OCH3 is 1. The van der Waals surface area contributed by atoms with Crippen molar-refractivity contribution in [3.8, 4) is 0 Å². The number of hydrogen-bond acceptors (Lipinski definition) is 5. The summed E-state index contributed by atoms with van der Waals surface area (Å²) in [5.74, 6) is 2.70. The quantitative estimate of drug-likeness (QED) is 0.428. The molecule has 1 heterocycles. The molecule has 3 fully saturated rings. The number of fused-ring (bicyclic) bond motifs is 6. The maximum atomic E-state index is 10.2. The summed E-state index contributed by atoms with van der Waals surface area (Å²) in [5, 5.41) is 22.9. The van der Waals surface area contributed by atoms with Crippen LogP contribution in [0, 0.1) is 35.0 Å². The minimum Gasteiger partial charge on any atom is -0.411 e. The van der Waals surface area contributed by atoms with Crippen LogP contribution in [0.4, 0.5) is 0 Å². The van der Waals surface area contributed by atoms with Crippen molar-refractivity contribution >= 4 is 5.71 Å². The Morgan fingerprint density at radius 3 is 2.82 bits per heavy atom. The molecule has 28 heavy (non-hydrogen) atoms. The molecule has 0 radical (unpaired) electrons. The van der Waals surface area contributed by atoms with E-state index in [4.69, 9.17) is 9.47 Å². The van der Waals surface area contributed by atoms with Gasteiger partial charge < -0.3 is 19.8 Å². The van der Waals surface area contributed by atoms with E-state index in [9.17, 15) is 10.3 Å². The molecular weight excluding hydrogens is 354 g/mol. The molecule has 154 valence electrons. The highest BCUT2D eigenvalue weighted by molar-refractivity contribution is 5.96. The SMILES string of the molecule is COC1C=C[C@@]2(CCC3C4C[C@H](CO)C5=C/C(=N/O)CC[C@@H]5C4CC[C@@]32C)O1. The van der Waals surface area contributed by atoms with Gasteiger partial charge in [0.1, 0.15) is 0 Å². The largest absolute Gasteiger partial charge is 0.411 e. The zero-order valence-electron chi connectivity index (χ0n) is 17.0. The van der Waals surface area contributed by atoms with Crippen LogP contribution in [0.3, 0.4) is 0 Å². The summed E-state index contributed by atoms with van der Waals surface area (Å²) in [6, 6.07) is 0. The van der Waals surface area contributed by atoms with Gasteiger partial charge in [-0.2, -0.15) is 0 Å². The highest BCUT2D eigenvalue weighted by atomic mass is 16.7. The Bertz CT molecular complexity index is 730. The predicted octanol–water partition coefficient (Wildman–Crippen LogP) is 3.91. The summed E-state index contributed by atoms with van der Waals surface area (Å²) in [7, 11) is 1.72. The van der Waals surface area contributed by atoms with E-state index in [0.29, 0.717) is 23.7 Å². The van der Waals surface area contributed by atoms with Crippen LogP contribution in [0.5, 0.6) is 0 Å². The predicted molar refractivity (Wildman–Crippen MR) is 106 cm³/mol. The van der Waals surface area contributed by atoms with Crippen molar-refractivity contribution in [2.45, 2.75) is 63.8 Å². The summed E-state index contributed by atoms with van der Waals surface area (Å²) in [5.41, 5.74) is 2.08. The van der Waals surface area contributed by atoms with Crippen molar-refractivity contribution in [3.63, 3.8) is 0 Å². The summed E-state index contributed by atoms with van der Waals surface area (Å²) < 4.78 is 11.9. The van der Waals surface area contributed by atoms with Crippen LogP contribution in [0.2, 0.25) is 0 Å². The molecule has 5 nitrogen and oxygen atoms in total. The molecule has 0 bridgehead atoms. The molecule has 4 unspecified atom stereocenters. The van der Waals surface area contributed by atoms with Gasteiger partial charge in [0.15, 0.2) is 6.29 Å². The third-order valence-electron chi connectivity index (χ3n) is 9.12. The smallest absolute Gasteiger partial charge is 0.177 e. The topological polar surface area (TPSA) is 71.3 Å². The van der Waals surface area contributed by atoms with Crippen LogP contribution >= 0.6 is 0 Å². The van der Waals surface area contributed by atoms with Gasteiger partial charge in [-0.15, -0.1) is 0 Å². The van der Waals surface area contributed by atoms with Gasteiger partial charge in [-0.1, -0.05) is 23.7 Å². The molecule has 0 aromatic rings. The molecule has 1 spiro atoms. The Labute approximate surface area is 167 Å². The average Bonchev–Trinajstić information content (AvgIpc) is 3.29. The molecule has 2 N–H and O–H groups in total. The Kier molecular flexibility index (Phi) is 4.49. The molecule has 0 saturated heterocycles. The lowest BCUT2D eigenvalue weighted by Gasteiger charge is -2.57. The zero-order valence-corrected chi connectivity index (χ0v) is 17.0. The highest BCUT2D eigenvalue weighted by Gasteiger charge is 2.64. The van der Waals surface area contributed by atoms with Crippen LogP contribution in [0.25, 0.3) is 0 Å². The van der Waals surface area contributed by atoms with Crippen molar-refractivity contribution in [2.75, 3.05) is 13.7 Å². The molecule has 0 aromatic carbocycles. The second kappa shape index (κ2) is 6.68. The minimum absolute atomic E-state index is 0.144. The van der Waals surface area contributed by atoms with Gasteiger partial charge >= 0.3 is 0 Å². The number of rotatable bonds is 2. The summed E-state index contributed by atoms with van der Waals surface area (Å²) >= 11 is 0. The fourth-order valence-electron chi connectivity index (χ4n) is 7.75. The van der Waals surface area contributed by atoms with E-state index >= 15 is 0 Å². The van der Waals surface area contributed by atoms with Crippen molar-refractivity contribution in [2.24, 2.45) is 40.2 Å². The van der Waals surface area contributed by atoms with E-state index < -0.39 is 0 Å². The lowest BCUT2D eigenvalue weighted by Crippen LogP contribution is -2.53. The Morgan fingerprint density at radius 1 is 1.25 bits per heavy atom. The number of aliphatic hydroxyl groups excluding tert-OH is 1. The number of ether oxygens (including phenoxy) is 2. The molecule has 8 atom stereocenters. The lowest BCUT2D eigenvalue weighted by atomic mass is 9.49. The second-order valence-electron chi connectivity index (χ2n) is 9.90. The minimum atomic E-state index is -0.214. The maximum Gasteiger partial charge on any atom is 0.177 e. The number of oxime groups is 1. The molecule has 5 aliphatic rings. The van der Waals surface area contributed by atoms with E-state index in [0.717, 1.165) is 31.4 Å². The summed E-state index contributed by atoms with van der Waals surface area (Å²) in [4.78, 5) is 0. The van der Waals surface area contributed by atoms with Gasteiger partial charge in [0.05, 0.1) is 11.3 Å². The Balaban J connectivity index is 1.46. The van der Waals surface area contributed by atoms with E-state index in [1.165, 1.54) is 24.8 Å². The van der Waals surface area contributed by atoms with Gasteiger partial charge in [-0.3, -0.25) is 0 Å². The van der Waals surface area contributed by atoms with Crippen LogP contribution in [-0.4, -0.2) is 41.6 Å². The number of hydrogen-bond donors (Lipinski definition) is 2. The normalized spacial score (nSPS) is 51.1. The van der Waals surface area contributed by atoms with Gasteiger partial charge in [0.2, 0.25) is 0 Å². The summed E-state index contributed by atoms with van der Waals surface area (Å²) in [6.07, 6.45) is 13.9. The van der Waals surface area contributed by atoms with Crippen LogP contribution in [0.1, 0.15) is 51.9 Å². The molecule has 0 amide bonds. The third-order valence-corrected chi connectivity index (χ3v) is 9.12. The fraction of sp³-hybridized carbons (Fsp3) is 0.783. The van der Waals surface area contributed by atoms with Gasteiger partial charge in [0.25, 0.3) is 0 Å². The van der Waals surface area contributed by atoms with Crippen LogP contribution in [0.15, 0.2) is 29.0 Å².